The summed E-state index contributed by atoms with van der Waals surface area (Å²) in [6.07, 6.45) is 2.67. The van der Waals surface area contributed by atoms with Gasteiger partial charge in [0.25, 0.3) is 11.6 Å². The molecule has 28 heavy (non-hydrogen) atoms. The van der Waals surface area contributed by atoms with Crippen molar-refractivity contribution in [3.63, 3.8) is 0 Å². The number of nitrogens with zero attached hydrogens (tertiary/aromatic N) is 2. The van der Waals surface area contributed by atoms with Gasteiger partial charge < -0.3 is 9.64 Å². The zero-order valence-electron chi connectivity index (χ0n) is 14.8. The van der Waals surface area contributed by atoms with Crippen LogP contribution >= 0.6 is 11.6 Å². The summed E-state index contributed by atoms with van der Waals surface area (Å²) in [5.41, 5.74) is 1.58. The van der Waals surface area contributed by atoms with Gasteiger partial charge in [0.2, 0.25) is 0 Å². The van der Waals surface area contributed by atoms with Crippen LogP contribution in [0, 0.1) is 10.1 Å². The first-order valence-electron chi connectivity index (χ1n) is 8.59. The Hall–Kier alpha value is -3.19. The van der Waals surface area contributed by atoms with E-state index in [-0.39, 0.29) is 16.5 Å². The average Bonchev–Trinajstić information content (AvgIpc) is 2.72. The van der Waals surface area contributed by atoms with E-state index in [1.807, 2.05) is 36.4 Å². The summed E-state index contributed by atoms with van der Waals surface area (Å²) in [6.45, 7) is 0.434. The molecule has 2 aromatic rings. The summed E-state index contributed by atoms with van der Waals surface area (Å²) in [4.78, 5) is 36.4. The van der Waals surface area contributed by atoms with E-state index in [0.717, 1.165) is 23.3 Å². The van der Waals surface area contributed by atoms with Crippen LogP contribution in [0.1, 0.15) is 22.3 Å². The molecule has 0 aliphatic carbocycles. The second kappa shape index (κ2) is 8.67. The molecule has 0 saturated heterocycles. The highest BCUT2D eigenvalue weighted by molar-refractivity contribution is 6.31. The minimum atomic E-state index is -0.958. The molecule has 0 spiro atoms. The maximum atomic E-state index is 12.3. The van der Waals surface area contributed by atoms with Gasteiger partial charge in [-0.1, -0.05) is 48.0 Å². The summed E-state index contributed by atoms with van der Waals surface area (Å²) < 4.78 is 4.99. The Morgan fingerprint density at radius 2 is 1.93 bits per heavy atom. The number of carbonyl (C=O) groups excluding carboxylic acids is 2. The Morgan fingerprint density at radius 3 is 2.57 bits per heavy atom. The van der Waals surface area contributed by atoms with E-state index in [4.69, 9.17) is 16.3 Å². The Kier molecular flexibility index (Phi) is 6.06. The van der Waals surface area contributed by atoms with Crippen molar-refractivity contribution >= 4 is 34.7 Å². The molecule has 8 heteroatoms. The second-order valence-corrected chi connectivity index (χ2v) is 6.62. The van der Waals surface area contributed by atoms with Crippen LogP contribution in [-0.2, 0) is 9.53 Å². The molecule has 0 fully saturated rings. The minimum Gasteiger partial charge on any atom is -0.452 e. The van der Waals surface area contributed by atoms with Crippen molar-refractivity contribution in [2.75, 3.05) is 19.7 Å². The third kappa shape index (κ3) is 4.55. The van der Waals surface area contributed by atoms with Crippen LogP contribution in [0.25, 0.3) is 5.57 Å². The monoisotopic (exact) mass is 400 g/mol. The summed E-state index contributed by atoms with van der Waals surface area (Å²) in [6, 6.07) is 13.5. The van der Waals surface area contributed by atoms with Gasteiger partial charge in [0.1, 0.15) is 5.56 Å². The van der Waals surface area contributed by atoms with Gasteiger partial charge in [0, 0.05) is 24.2 Å². The number of nitro benzene ring substituents is 1. The summed E-state index contributed by atoms with van der Waals surface area (Å²) >= 11 is 5.80. The summed E-state index contributed by atoms with van der Waals surface area (Å²) in [5, 5.41) is 11.2. The lowest BCUT2D eigenvalue weighted by Crippen LogP contribution is -2.37. The van der Waals surface area contributed by atoms with Crippen molar-refractivity contribution in [3.05, 3.63) is 80.9 Å². The topological polar surface area (TPSA) is 89.8 Å². The van der Waals surface area contributed by atoms with Crippen LogP contribution in [-0.4, -0.2) is 41.4 Å². The first-order valence-corrected chi connectivity index (χ1v) is 8.97. The predicted molar refractivity (Wildman–Crippen MR) is 104 cm³/mol. The molecule has 0 saturated carbocycles. The molecular formula is C20H17ClN2O5. The molecular weight excluding hydrogens is 384 g/mol. The van der Waals surface area contributed by atoms with Crippen LogP contribution in [0.3, 0.4) is 0 Å². The highest BCUT2D eigenvalue weighted by Gasteiger charge is 2.24. The van der Waals surface area contributed by atoms with E-state index < -0.39 is 23.2 Å². The number of hydrogen-bond donors (Lipinski definition) is 0. The molecule has 0 N–H and O–H groups in total. The van der Waals surface area contributed by atoms with E-state index in [1.54, 1.807) is 4.90 Å². The van der Waals surface area contributed by atoms with E-state index in [1.165, 1.54) is 6.07 Å². The lowest BCUT2D eigenvalue weighted by molar-refractivity contribution is -0.385. The summed E-state index contributed by atoms with van der Waals surface area (Å²) in [5.74, 6) is -1.32. The molecule has 1 aliphatic heterocycles. The van der Waals surface area contributed by atoms with Gasteiger partial charge in [-0.2, -0.15) is 0 Å². The van der Waals surface area contributed by atoms with Gasteiger partial charge in [-0.25, -0.2) is 4.79 Å². The molecule has 0 atom stereocenters. The van der Waals surface area contributed by atoms with Gasteiger partial charge >= 0.3 is 5.97 Å². The lowest BCUT2D eigenvalue weighted by Gasteiger charge is -2.26. The fourth-order valence-electron chi connectivity index (χ4n) is 2.94. The Labute approximate surface area is 166 Å². The van der Waals surface area contributed by atoms with Crippen LogP contribution in [0.15, 0.2) is 54.6 Å². The van der Waals surface area contributed by atoms with E-state index in [0.29, 0.717) is 19.5 Å². The number of nitro groups is 1. The van der Waals surface area contributed by atoms with Crippen molar-refractivity contribution in [2.24, 2.45) is 0 Å². The van der Waals surface area contributed by atoms with Crippen LogP contribution in [0.5, 0.6) is 0 Å². The van der Waals surface area contributed by atoms with Crippen molar-refractivity contribution in [1.29, 1.82) is 0 Å². The number of halogens is 1. The fourth-order valence-corrected chi connectivity index (χ4v) is 3.11. The number of rotatable bonds is 5. The average molecular weight is 401 g/mol. The number of carbonyl (C=O) groups is 2. The standard InChI is InChI=1S/C20H17ClN2O5/c21-16-6-7-18(23(26)27)17(12-16)20(25)28-13-19(24)22-10-8-15(9-11-22)14-4-2-1-3-5-14/h1-8,12H,9-11,13H2. The minimum absolute atomic E-state index is 0.165. The number of hydrogen-bond acceptors (Lipinski definition) is 5. The van der Waals surface area contributed by atoms with Gasteiger partial charge in [0.05, 0.1) is 4.92 Å². The van der Waals surface area contributed by atoms with Crippen molar-refractivity contribution in [1.82, 2.24) is 4.90 Å². The largest absolute Gasteiger partial charge is 0.452 e. The van der Waals surface area contributed by atoms with E-state index >= 15 is 0 Å². The van der Waals surface area contributed by atoms with Crippen molar-refractivity contribution in [2.45, 2.75) is 6.42 Å². The van der Waals surface area contributed by atoms with Gasteiger partial charge in [-0.05, 0) is 29.7 Å². The third-order valence-corrected chi connectivity index (χ3v) is 4.64. The molecule has 1 amide bonds. The molecule has 1 aliphatic rings. The maximum absolute atomic E-state index is 12.3. The summed E-state index contributed by atoms with van der Waals surface area (Å²) in [7, 11) is 0. The van der Waals surface area contributed by atoms with E-state index in [9.17, 15) is 19.7 Å². The van der Waals surface area contributed by atoms with Gasteiger partial charge in [0.15, 0.2) is 6.61 Å². The number of benzene rings is 2. The molecule has 144 valence electrons. The first kappa shape index (κ1) is 19.6. The third-order valence-electron chi connectivity index (χ3n) is 4.41. The molecule has 0 radical (unpaired) electrons. The normalized spacial score (nSPS) is 13.6. The highest BCUT2D eigenvalue weighted by Crippen LogP contribution is 2.24. The SMILES string of the molecule is O=C(OCC(=O)N1CC=C(c2ccccc2)CC1)c1cc(Cl)ccc1[N+](=O)[O-]. The predicted octanol–water partition coefficient (Wildman–Crippen LogP) is 3.72. The quantitative estimate of drug-likeness (QED) is 0.433. The number of amides is 1. The van der Waals surface area contributed by atoms with Crippen LogP contribution in [0.4, 0.5) is 5.69 Å². The highest BCUT2D eigenvalue weighted by atomic mass is 35.5. The Bertz CT molecular complexity index is 943. The molecule has 3 rings (SSSR count). The van der Waals surface area contributed by atoms with Crippen LogP contribution in [0.2, 0.25) is 5.02 Å². The number of ether oxygens (including phenoxy) is 1. The fraction of sp³-hybridized carbons (Fsp3) is 0.200. The van der Waals surface area contributed by atoms with Crippen molar-refractivity contribution in [3.8, 4) is 0 Å². The van der Waals surface area contributed by atoms with Gasteiger partial charge in [-0.15, -0.1) is 0 Å². The molecule has 0 aromatic heterocycles. The van der Waals surface area contributed by atoms with Crippen LogP contribution < -0.4 is 0 Å². The Morgan fingerprint density at radius 1 is 1.18 bits per heavy atom. The zero-order chi connectivity index (χ0) is 20.1. The van der Waals surface area contributed by atoms with Gasteiger partial charge in [-0.3, -0.25) is 14.9 Å². The molecule has 7 nitrogen and oxygen atoms in total. The molecule has 0 bridgehead atoms. The number of esters is 1. The second-order valence-electron chi connectivity index (χ2n) is 6.18. The molecule has 2 aromatic carbocycles. The maximum Gasteiger partial charge on any atom is 0.345 e. The first-order chi connectivity index (χ1) is 13.5. The Balaban J connectivity index is 1.59. The van der Waals surface area contributed by atoms with E-state index in [2.05, 4.69) is 0 Å². The zero-order valence-corrected chi connectivity index (χ0v) is 15.6. The van der Waals surface area contributed by atoms with Crippen molar-refractivity contribution < 1.29 is 19.2 Å². The smallest absolute Gasteiger partial charge is 0.345 e. The molecule has 1 heterocycles. The molecule has 0 unspecified atom stereocenters. The lowest BCUT2D eigenvalue weighted by atomic mass is 10.00.